The summed E-state index contributed by atoms with van der Waals surface area (Å²) in [6.07, 6.45) is 0.790. The summed E-state index contributed by atoms with van der Waals surface area (Å²) >= 11 is 0. The van der Waals surface area contributed by atoms with E-state index in [2.05, 4.69) is 5.32 Å². The van der Waals surface area contributed by atoms with Gasteiger partial charge >= 0.3 is 6.09 Å². The molecule has 1 saturated heterocycles. The van der Waals surface area contributed by atoms with Gasteiger partial charge in [0.25, 0.3) is 0 Å². The number of hydrogen-bond donors (Lipinski definition) is 1. The van der Waals surface area contributed by atoms with Crippen molar-refractivity contribution in [3.8, 4) is 5.75 Å². The van der Waals surface area contributed by atoms with Gasteiger partial charge < -0.3 is 24.4 Å². The molecule has 0 unspecified atom stereocenters. The molecule has 0 aliphatic carbocycles. The Morgan fingerprint density at radius 2 is 2.15 bits per heavy atom. The van der Waals surface area contributed by atoms with Gasteiger partial charge in [-0.1, -0.05) is 6.92 Å². The van der Waals surface area contributed by atoms with E-state index in [9.17, 15) is 13.6 Å². The van der Waals surface area contributed by atoms with Crippen molar-refractivity contribution >= 4 is 6.09 Å². The van der Waals surface area contributed by atoms with Crippen molar-refractivity contribution in [2.24, 2.45) is 0 Å². The summed E-state index contributed by atoms with van der Waals surface area (Å²) in [7, 11) is 1.56. The van der Waals surface area contributed by atoms with Gasteiger partial charge in [0, 0.05) is 45.8 Å². The van der Waals surface area contributed by atoms with Gasteiger partial charge in [-0.2, -0.15) is 0 Å². The van der Waals surface area contributed by atoms with Crippen LogP contribution >= 0.6 is 0 Å². The molecule has 1 fully saturated rings. The number of benzene rings is 1. The molecule has 8 heteroatoms. The van der Waals surface area contributed by atoms with E-state index in [0.717, 1.165) is 12.5 Å². The van der Waals surface area contributed by atoms with E-state index in [1.165, 1.54) is 6.07 Å². The Hall–Kier alpha value is -1.93. The molecule has 1 aromatic rings. The Morgan fingerprint density at radius 3 is 2.88 bits per heavy atom. The van der Waals surface area contributed by atoms with Crippen LogP contribution in [0.4, 0.5) is 13.6 Å². The van der Waals surface area contributed by atoms with Gasteiger partial charge in [0.1, 0.15) is 12.4 Å². The smallest absolute Gasteiger partial charge is 0.410 e. The van der Waals surface area contributed by atoms with Crippen molar-refractivity contribution < 1.29 is 27.8 Å². The molecule has 1 amide bonds. The van der Waals surface area contributed by atoms with Crippen molar-refractivity contribution in [1.29, 1.82) is 0 Å². The number of halogens is 2. The van der Waals surface area contributed by atoms with Crippen LogP contribution in [0.15, 0.2) is 12.1 Å². The third kappa shape index (κ3) is 5.28. The SMILES string of the molecule is CC[C@@H]1CNCCN1C(=O)OCc1c(F)ccc(OCCCOC)c1F. The second kappa shape index (κ2) is 10.3. The lowest BCUT2D eigenvalue weighted by Crippen LogP contribution is -2.53. The number of carbonyl (C=O) groups is 1. The average Bonchev–Trinajstić information content (AvgIpc) is 2.66. The minimum absolute atomic E-state index is 0.0152. The molecule has 0 spiro atoms. The van der Waals surface area contributed by atoms with Crippen LogP contribution in [0.1, 0.15) is 25.3 Å². The van der Waals surface area contributed by atoms with Gasteiger partial charge in [-0.25, -0.2) is 13.6 Å². The predicted octanol–water partition coefficient (Wildman–Crippen LogP) is 2.70. The zero-order chi connectivity index (χ0) is 18.9. The summed E-state index contributed by atoms with van der Waals surface area (Å²) in [5, 5.41) is 3.20. The van der Waals surface area contributed by atoms with Crippen molar-refractivity contribution in [2.75, 3.05) is 40.0 Å². The van der Waals surface area contributed by atoms with Crippen LogP contribution in [0.25, 0.3) is 0 Å². The fourth-order valence-electron chi connectivity index (χ4n) is 2.79. The van der Waals surface area contributed by atoms with Crippen molar-refractivity contribution in [3.05, 3.63) is 29.3 Å². The van der Waals surface area contributed by atoms with Gasteiger partial charge in [-0.15, -0.1) is 0 Å². The number of carbonyl (C=O) groups excluding carboxylic acids is 1. The lowest BCUT2D eigenvalue weighted by Gasteiger charge is -2.34. The van der Waals surface area contributed by atoms with Crippen LogP contribution < -0.4 is 10.1 Å². The van der Waals surface area contributed by atoms with E-state index in [4.69, 9.17) is 14.2 Å². The highest BCUT2D eigenvalue weighted by atomic mass is 19.1. The summed E-state index contributed by atoms with van der Waals surface area (Å²) in [5.74, 6) is -1.68. The van der Waals surface area contributed by atoms with E-state index >= 15 is 0 Å². The molecular weight excluding hydrogens is 346 g/mol. The average molecular weight is 372 g/mol. The standard InChI is InChI=1S/C18H26F2N2O4/c1-3-13-11-21-7-8-22(13)18(23)26-12-14-15(19)5-6-16(17(14)20)25-10-4-9-24-2/h5-6,13,21H,3-4,7-12H2,1-2H3/t13-/m1/s1. The molecule has 0 bridgehead atoms. The molecule has 26 heavy (non-hydrogen) atoms. The molecule has 1 atom stereocenters. The third-order valence-electron chi connectivity index (χ3n) is 4.30. The minimum Gasteiger partial charge on any atom is -0.490 e. The first-order valence-corrected chi connectivity index (χ1v) is 8.81. The number of ether oxygens (including phenoxy) is 3. The van der Waals surface area contributed by atoms with Crippen LogP contribution in [-0.2, 0) is 16.1 Å². The first-order chi connectivity index (χ1) is 12.6. The van der Waals surface area contributed by atoms with Crippen molar-refractivity contribution in [3.63, 3.8) is 0 Å². The first kappa shape index (κ1) is 20.4. The monoisotopic (exact) mass is 372 g/mol. The number of piperazine rings is 1. The van der Waals surface area contributed by atoms with Crippen LogP contribution in [-0.4, -0.2) is 57.0 Å². The highest BCUT2D eigenvalue weighted by molar-refractivity contribution is 5.68. The summed E-state index contributed by atoms with van der Waals surface area (Å²) < 4.78 is 43.8. The predicted molar refractivity (Wildman–Crippen MR) is 92.2 cm³/mol. The maximum absolute atomic E-state index is 14.5. The largest absolute Gasteiger partial charge is 0.490 e. The normalized spacial score (nSPS) is 17.2. The molecule has 1 aliphatic rings. The Kier molecular flexibility index (Phi) is 8.06. The van der Waals surface area contributed by atoms with E-state index in [-0.39, 0.29) is 24.0 Å². The molecular formula is C18H26F2N2O4. The van der Waals surface area contributed by atoms with Gasteiger partial charge in [0.15, 0.2) is 11.6 Å². The van der Waals surface area contributed by atoms with Crippen LogP contribution in [0, 0.1) is 11.6 Å². The van der Waals surface area contributed by atoms with E-state index in [0.29, 0.717) is 32.7 Å². The molecule has 0 radical (unpaired) electrons. The van der Waals surface area contributed by atoms with Gasteiger partial charge in [-0.05, 0) is 18.6 Å². The molecule has 6 nitrogen and oxygen atoms in total. The zero-order valence-electron chi connectivity index (χ0n) is 15.2. The van der Waals surface area contributed by atoms with Crippen LogP contribution in [0.3, 0.4) is 0 Å². The molecule has 146 valence electrons. The highest BCUT2D eigenvalue weighted by Gasteiger charge is 2.27. The maximum atomic E-state index is 14.5. The van der Waals surface area contributed by atoms with Gasteiger partial charge in [0.2, 0.25) is 0 Å². The maximum Gasteiger partial charge on any atom is 0.410 e. The number of methoxy groups -OCH3 is 1. The van der Waals surface area contributed by atoms with E-state index < -0.39 is 24.3 Å². The summed E-state index contributed by atoms with van der Waals surface area (Å²) in [4.78, 5) is 13.9. The van der Waals surface area contributed by atoms with Crippen molar-refractivity contribution in [1.82, 2.24) is 10.2 Å². The van der Waals surface area contributed by atoms with E-state index in [1.54, 1.807) is 12.0 Å². The minimum atomic E-state index is -0.845. The number of rotatable bonds is 8. The molecule has 0 aromatic heterocycles. The number of hydrogen-bond acceptors (Lipinski definition) is 5. The van der Waals surface area contributed by atoms with Crippen LogP contribution in [0.5, 0.6) is 5.75 Å². The molecule has 0 saturated carbocycles. The lowest BCUT2D eigenvalue weighted by atomic mass is 10.1. The highest BCUT2D eigenvalue weighted by Crippen LogP contribution is 2.24. The number of amides is 1. The summed E-state index contributed by atoms with van der Waals surface area (Å²) in [6, 6.07) is 2.35. The van der Waals surface area contributed by atoms with Crippen molar-refractivity contribution in [2.45, 2.75) is 32.4 Å². The second-order valence-electron chi connectivity index (χ2n) is 6.05. The topological polar surface area (TPSA) is 60.0 Å². The van der Waals surface area contributed by atoms with Gasteiger partial charge in [0.05, 0.1) is 12.2 Å². The Balaban J connectivity index is 1.98. The number of nitrogens with one attached hydrogen (secondary N) is 1. The summed E-state index contributed by atoms with van der Waals surface area (Å²) in [6.45, 7) is 4.07. The third-order valence-corrected chi connectivity index (χ3v) is 4.30. The molecule has 1 heterocycles. The summed E-state index contributed by atoms with van der Waals surface area (Å²) in [5.41, 5.74) is -0.314. The molecule has 1 N–H and O–H groups in total. The number of nitrogens with zero attached hydrogens (tertiary/aromatic N) is 1. The zero-order valence-corrected chi connectivity index (χ0v) is 15.2. The second-order valence-corrected chi connectivity index (χ2v) is 6.05. The molecule has 1 aliphatic heterocycles. The van der Waals surface area contributed by atoms with Crippen LogP contribution in [0.2, 0.25) is 0 Å². The lowest BCUT2D eigenvalue weighted by molar-refractivity contribution is 0.0697. The molecule has 1 aromatic carbocycles. The fourth-order valence-corrected chi connectivity index (χ4v) is 2.79. The first-order valence-electron chi connectivity index (χ1n) is 8.81. The quantitative estimate of drug-likeness (QED) is 0.711. The molecule has 2 rings (SSSR count). The van der Waals surface area contributed by atoms with Gasteiger partial charge in [-0.3, -0.25) is 0 Å². The Labute approximate surface area is 152 Å². The Morgan fingerprint density at radius 1 is 1.35 bits per heavy atom. The van der Waals surface area contributed by atoms with E-state index in [1.807, 2.05) is 6.92 Å². The Bertz CT molecular complexity index is 601. The fraction of sp³-hybridized carbons (Fsp3) is 0.611.